The van der Waals surface area contributed by atoms with E-state index in [1.807, 2.05) is 30.3 Å². The van der Waals surface area contributed by atoms with Gasteiger partial charge in [-0.2, -0.15) is 0 Å². The Kier molecular flexibility index (Phi) is 4.06. The number of nitrogens with zero attached hydrogens (tertiary/aromatic N) is 1. The van der Waals surface area contributed by atoms with Gasteiger partial charge in [0.15, 0.2) is 0 Å². The van der Waals surface area contributed by atoms with E-state index in [0.717, 1.165) is 12.1 Å². The van der Waals surface area contributed by atoms with Crippen molar-refractivity contribution in [2.75, 3.05) is 7.11 Å². The summed E-state index contributed by atoms with van der Waals surface area (Å²) in [5, 5.41) is 1.21. The normalized spacial score (nSPS) is 20.4. The molecule has 0 bridgehead atoms. The highest BCUT2D eigenvalue weighted by atomic mass is 16.5. The Morgan fingerprint density at radius 1 is 1.16 bits per heavy atom. The number of aromatic nitrogens is 1. The van der Waals surface area contributed by atoms with E-state index >= 15 is 0 Å². The summed E-state index contributed by atoms with van der Waals surface area (Å²) in [7, 11) is 1.47. The lowest BCUT2D eigenvalue weighted by atomic mass is 9.91. The van der Waals surface area contributed by atoms with Crippen LogP contribution in [0, 0.1) is 0 Å². The molecule has 0 aliphatic carbocycles. The second-order valence-corrected chi connectivity index (χ2v) is 6.64. The Morgan fingerprint density at radius 2 is 1.88 bits per heavy atom. The molecule has 0 unspecified atom stereocenters. The smallest absolute Gasteiger partial charge is 0.323 e. The molecule has 0 saturated heterocycles. The lowest BCUT2D eigenvalue weighted by molar-refractivity contribution is -0.148. The first-order valence-corrected chi connectivity index (χ1v) is 8.66. The molecule has 0 radical (unpaired) electrons. The van der Waals surface area contributed by atoms with Crippen LogP contribution in [-0.4, -0.2) is 29.0 Å². The molecule has 4 rings (SSSR count). The van der Waals surface area contributed by atoms with Crippen molar-refractivity contribution in [3.8, 4) is 0 Å². The number of benzene rings is 2. The number of rotatable bonds is 3. The predicted octanol–water partition coefficient (Wildman–Crippen LogP) is 3.83. The van der Waals surface area contributed by atoms with Crippen LogP contribution in [0.1, 0.15) is 29.8 Å². The van der Waals surface area contributed by atoms with Crippen LogP contribution in [0.5, 0.6) is 0 Å². The molecule has 4 nitrogen and oxygen atoms in total. The van der Waals surface area contributed by atoms with Crippen molar-refractivity contribution in [1.82, 2.24) is 9.88 Å². The molecule has 0 saturated carbocycles. The van der Waals surface area contributed by atoms with Crippen LogP contribution >= 0.6 is 0 Å². The average Bonchev–Trinajstić information content (AvgIpc) is 3.03. The SMILES string of the molecule is COC(=O)[C@H]1Cc2c([nH]c3ccccc23)[C@H](C)N1Cc1ccccc1. The summed E-state index contributed by atoms with van der Waals surface area (Å²) in [6, 6.07) is 18.4. The van der Waals surface area contributed by atoms with Crippen LogP contribution in [0.15, 0.2) is 54.6 Å². The van der Waals surface area contributed by atoms with Crippen LogP contribution in [0.25, 0.3) is 10.9 Å². The van der Waals surface area contributed by atoms with E-state index in [2.05, 4.69) is 41.1 Å². The molecule has 1 aromatic heterocycles. The van der Waals surface area contributed by atoms with Crippen molar-refractivity contribution in [3.05, 3.63) is 71.4 Å². The summed E-state index contributed by atoms with van der Waals surface area (Å²) in [4.78, 5) is 18.3. The third-order valence-electron chi connectivity index (χ3n) is 5.24. The number of carbonyl (C=O) groups is 1. The maximum Gasteiger partial charge on any atom is 0.323 e. The average molecular weight is 334 g/mol. The van der Waals surface area contributed by atoms with Gasteiger partial charge in [-0.05, 0) is 24.1 Å². The summed E-state index contributed by atoms with van der Waals surface area (Å²) in [5.41, 5.74) is 4.77. The molecule has 0 amide bonds. The number of H-pyrrole nitrogens is 1. The number of aromatic amines is 1. The maximum atomic E-state index is 12.5. The predicted molar refractivity (Wildman–Crippen MR) is 98.2 cm³/mol. The van der Waals surface area contributed by atoms with Crippen LogP contribution in [0.2, 0.25) is 0 Å². The molecule has 0 spiro atoms. The Bertz CT molecular complexity index is 901. The number of hydrogen-bond acceptors (Lipinski definition) is 3. The fraction of sp³-hybridized carbons (Fsp3) is 0.286. The number of nitrogens with one attached hydrogen (secondary N) is 1. The van der Waals surface area contributed by atoms with Gasteiger partial charge in [-0.15, -0.1) is 0 Å². The fourth-order valence-electron chi connectivity index (χ4n) is 3.94. The highest BCUT2D eigenvalue weighted by molar-refractivity contribution is 5.87. The summed E-state index contributed by atoms with van der Waals surface area (Å²) < 4.78 is 5.12. The van der Waals surface area contributed by atoms with E-state index in [1.165, 1.54) is 29.3 Å². The topological polar surface area (TPSA) is 45.3 Å². The molecule has 0 fully saturated rings. The number of carbonyl (C=O) groups excluding carboxylic acids is 1. The van der Waals surface area contributed by atoms with Crippen molar-refractivity contribution in [3.63, 3.8) is 0 Å². The molecule has 25 heavy (non-hydrogen) atoms. The Balaban J connectivity index is 1.78. The second-order valence-electron chi connectivity index (χ2n) is 6.64. The third kappa shape index (κ3) is 2.72. The highest BCUT2D eigenvalue weighted by Gasteiger charge is 2.38. The molecular formula is C21H22N2O2. The van der Waals surface area contributed by atoms with E-state index in [0.29, 0.717) is 6.42 Å². The quantitative estimate of drug-likeness (QED) is 0.741. The van der Waals surface area contributed by atoms with E-state index in [-0.39, 0.29) is 18.1 Å². The number of hydrogen-bond donors (Lipinski definition) is 1. The number of methoxy groups -OCH3 is 1. The van der Waals surface area contributed by atoms with Crippen LogP contribution in [0.4, 0.5) is 0 Å². The zero-order valence-electron chi connectivity index (χ0n) is 14.5. The number of esters is 1. The van der Waals surface area contributed by atoms with E-state index in [9.17, 15) is 4.79 Å². The molecule has 2 aromatic carbocycles. The monoisotopic (exact) mass is 334 g/mol. The molecule has 2 heterocycles. The zero-order valence-corrected chi connectivity index (χ0v) is 14.5. The molecule has 128 valence electrons. The summed E-state index contributed by atoms with van der Waals surface area (Å²) in [6.45, 7) is 2.88. The van der Waals surface area contributed by atoms with Gasteiger partial charge < -0.3 is 9.72 Å². The Labute approximate surface area is 147 Å². The minimum Gasteiger partial charge on any atom is -0.468 e. The van der Waals surface area contributed by atoms with Gasteiger partial charge >= 0.3 is 5.97 Å². The van der Waals surface area contributed by atoms with Crippen LogP contribution in [0.3, 0.4) is 0 Å². The highest BCUT2D eigenvalue weighted by Crippen LogP contribution is 2.38. The van der Waals surface area contributed by atoms with E-state index in [1.54, 1.807) is 0 Å². The van der Waals surface area contributed by atoms with Crippen molar-refractivity contribution >= 4 is 16.9 Å². The van der Waals surface area contributed by atoms with Gasteiger partial charge in [-0.25, -0.2) is 0 Å². The lowest BCUT2D eigenvalue weighted by Crippen LogP contribution is -2.47. The van der Waals surface area contributed by atoms with Gasteiger partial charge in [0.1, 0.15) is 6.04 Å². The standard InChI is InChI=1S/C21H22N2O2/c1-14-20-17(16-10-6-7-11-18(16)22-20)12-19(21(24)25-2)23(14)13-15-8-4-3-5-9-15/h3-11,14,19,22H,12-13H2,1-2H3/t14-,19+/m0/s1. The summed E-state index contributed by atoms with van der Waals surface area (Å²) in [5.74, 6) is -0.168. The molecule has 1 aliphatic rings. The number of para-hydroxylation sites is 1. The van der Waals surface area contributed by atoms with Gasteiger partial charge in [-0.3, -0.25) is 9.69 Å². The summed E-state index contributed by atoms with van der Waals surface area (Å²) in [6.07, 6.45) is 0.670. The number of fused-ring (bicyclic) bond motifs is 3. The Hall–Kier alpha value is -2.59. The van der Waals surface area contributed by atoms with Crippen molar-refractivity contribution < 1.29 is 9.53 Å². The minimum atomic E-state index is -0.271. The maximum absolute atomic E-state index is 12.5. The first-order valence-electron chi connectivity index (χ1n) is 8.66. The van der Waals surface area contributed by atoms with Gasteiger partial charge in [0.25, 0.3) is 0 Å². The zero-order chi connectivity index (χ0) is 17.4. The van der Waals surface area contributed by atoms with Gasteiger partial charge in [-0.1, -0.05) is 48.5 Å². The lowest BCUT2D eigenvalue weighted by Gasteiger charge is -2.39. The van der Waals surface area contributed by atoms with Gasteiger partial charge in [0, 0.05) is 35.6 Å². The van der Waals surface area contributed by atoms with Crippen molar-refractivity contribution in [2.45, 2.75) is 32.0 Å². The minimum absolute atomic E-state index is 0.112. The van der Waals surface area contributed by atoms with Crippen LogP contribution < -0.4 is 0 Å². The fourth-order valence-corrected chi connectivity index (χ4v) is 3.94. The first kappa shape index (κ1) is 15.9. The van der Waals surface area contributed by atoms with Gasteiger partial charge in [0.2, 0.25) is 0 Å². The van der Waals surface area contributed by atoms with Crippen molar-refractivity contribution in [1.29, 1.82) is 0 Å². The largest absolute Gasteiger partial charge is 0.468 e. The molecule has 4 heteroatoms. The Morgan fingerprint density at radius 3 is 2.64 bits per heavy atom. The van der Waals surface area contributed by atoms with E-state index < -0.39 is 0 Å². The van der Waals surface area contributed by atoms with E-state index in [4.69, 9.17) is 4.74 Å². The molecular weight excluding hydrogens is 312 g/mol. The number of ether oxygens (including phenoxy) is 1. The third-order valence-corrected chi connectivity index (χ3v) is 5.24. The first-order chi connectivity index (χ1) is 12.2. The van der Waals surface area contributed by atoms with Crippen molar-refractivity contribution in [2.24, 2.45) is 0 Å². The second kappa shape index (κ2) is 6.37. The molecule has 1 N–H and O–H groups in total. The van der Waals surface area contributed by atoms with Crippen LogP contribution in [-0.2, 0) is 22.5 Å². The molecule has 3 aromatic rings. The van der Waals surface area contributed by atoms with Gasteiger partial charge in [0.05, 0.1) is 7.11 Å². The summed E-state index contributed by atoms with van der Waals surface area (Å²) >= 11 is 0. The molecule has 2 atom stereocenters. The molecule has 1 aliphatic heterocycles.